The van der Waals surface area contributed by atoms with Crippen LogP contribution < -0.4 is 15.1 Å². The number of hydrogen-bond acceptors (Lipinski definition) is 6. The van der Waals surface area contributed by atoms with Crippen molar-refractivity contribution in [2.45, 2.75) is 12.5 Å². The van der Waals surface area contributed by atoms with Crippen molar-refractivity contribution in [3.8, 4) is 0 Å². The smallest absolute Gasteiger partial charge is 0.226 e. The Bertz CT molecular complexity index is 435. The number of anilines is 2. The van der Waals surface area contributed by atoms with E-state index >= 15 is 0 Å². The second-order valence-corrected chi connectivity index (χ2v) is 5.78. The van der Waals surface area contributed by atoms with Crippen LogP contribution in [0, 0.1) is 0 Å². The minimum Gasteiger partial charge on any atom is -0.354 e. The predicted octanol–water partition coefficient (Wildman–Crippen LogP) is 0.0265. The minimum absolute atomic E-state index is 0.736. The molecule has 6 nitrogen and oxygen atoms in total. The molecule has 0 aromatic carbocycles. The number of aromatic nitrogens is 2. The van der Waals surface area contributed by atoms with Crippen LogP contribution in [0.5, 0.6) is 0 Å². The molecule has 6 heteroatoms. The summed E-state index contributed by atoms with van der Waals surface area (Å²) in [6, 6.07) is 2.75. The maximum Gasteiger partial charge on any atom is 0.226 e. The monoisotopic (exact) mass is 276 g/mol. The number of nitrogens with one attached hydrogen (secondary N) is 1. The van der Waals surface area contributed by atoms with Gasteiger partial charge in [0.05, 0.1) is 0 Å². The van der Waals surface area contributed by atoms with Gasteiger partial charge in [-0.25, -0.2) is 4.98 Å². The van der Waals surface area contributed by atoms with Crippen LogP contribution in [0.25, 0.3) is 0 Å². The summed E-state index contributed by atoms with van der Waals surface area (Å²) in [6.45, 7) is 6.70. The zero-order chi connectivity index (χ0) is 13.9. The third kappa shape index (κ3) is 2.86. The number of rotatable bonds is 3. The van der Waals surface area contributed by atoms with Crippen LogP contribution in [0.3, 0.4) is 0 Å². The lowest BCUT2D eigenvalue weighted by molar-refractivity contribution is 0.196. The summed E-state index contributed by atoms with van der Waals surface area (Å²) in [5.74, 6) is 1.83. The van der Waals surface area contributed by atoms with Crippen molar-refractivity contribution in [2.24, 2.45) is 0 Å². The molecule has 1 aromatic heterocycles. The van der Waals surface area contributed by atoms with Gasteiger partial charge in [-0.2, -0.15) is 4.98 Å². The first-order chi connectivity index (χ1) is 9.74. The Labute approximate surface area is 120 Å². The van der Waals surface area contributed by atoms with Gasteiger partial charge in [-0.05, 0) is 19.0 Å². The van der Waals surface area contributed by atoms with Crippen molar-refractivity contribution in [2.75, 3.05) is 63.2 Å². The van der Waals surface area contributed by atoms with E-state index in [2.05, 4.69) is 25.1 Å². The number of nitrogens with zero attached hydrogens (tertiary/aromatic N) is 5. The summed E-state index contributed by atoms with van der Waals surface area (Å²) in [4.78, 5) is 15.8. The van der Waals surface area contributed by atoms with Crippen LogP contribution in [0.1, 0.15) is 6.42 Å². The molecule has 0 aliphatic carbocycles. The average Bonchev–Trinajstić information content (AvgIpc) is 3.02. The highest BCUT2D eigenvalue weighted by Crippen LogP contribution is 2.18. The Morgan fingerprint density at radius 1 is 1.25 bits per heavy atom. The van der Waals surface area contributed by atoms with E-state index in [4.69, 9.17) is 0 Å². The Hall–Kier alpha value is -1.40. The molecule has 0 amide bonds. The van der Waals surface area contributed by atoms with Gasteiger partial charge < -0.3 is 15.1 Å². The summed E-state index contributed by atoms with van der Waals surface area (Å²) < 4.78 is 0. The first-order valence-electron chi connectivity index (χ1n) is 7.44. The second-order valence-electron chi connectivity index (χ2n) is 5.78. The van der Waals surface area contributed by atoms with Crippen molar-refractivity contribution in [1.82, 2.24) is 20.2 Å². The standard InChI is InChI=1S/C14H24N6/c1-18(2)14-16-6-4-13(17-14)20-9-7-19(8-10-20)12-3-5-15-11-12/h4,6,12,15H,3,5,7-11H2,1-2H3. The molecule has 0 radical (unpaired) electrons. The van der Waals surface area contributed by atoms with Gasteiger partial charge in [-0.3, -0.25) is 4.90 Å². The zero-order valence-corrected chi connectivity index (χ0v) is 12.4. The molecule has 2 aliphatic heterocycles. The van der Waals surface area contributed by atoms with Crippen LogP contribution in [0.2, 0.25) is 0 Å². The topological polar surface area (TPSA) is 47.5 Å². The Balaban J connectivity index is 1.61. The molecule has 1 N–H and O–H groups in total. The van der Waals surface area contributed by atoms with Crippen molar-refractivity contribution in [3.05, 3.63) is 12.3 Å². The molecule has 20 heavy (non-hydrogen) atoms. The maximum absolute atomic E-state index is 4.63. The first kappa shape index (κ1) is 13.6. The Morgan fingerprint density at radius 3 is 2.70 bits per heavy atom. The fourth-order valence-electron chi connectivity index (χ4n) is 3.00. The van der Waals surface area contributed by atoms with Gasteiger partial charge in [-0.1, -0.05) is 0 Å². The van der Waals surface area contributed by atoms with Gasteiger partial charge in [0.2, 0.25) is 5.95 Å². The molecule has 3 rings (SSSR count). The highest BCUT2D eigenvalue weighted by molar-refractivity contribution is 5.43. The fourth-order valence-corrected chi connectivity index (χ4v) is 3.00. The lowest BCUT2D eigenvalue weighted by atomic mass is 10.2. The van der Waals surface area contributed by atoms with Gasteiger partial charge in [0.15, 0.2) is 0 Å². The second kappa shape index (κ2) is 5.93. The van der Waals surface area contributed by atoms with Crippen LogP contribution in [-0.4, -0.2) is 74.3 Å². The van der Waals surface area contributed by atoms with Crippen LogP contribution in [0.15, 0.2) is 12.3 Å². The van der Waals surface area contributed by atoms with E-state index in [9.17, 15) is 0 Å². The van der Waals surface area contributed by atoms with Gasteiger partial charge >= 0.3 is 0 Å². The SMILES string of the molecule is CN(C)c1nccc(N2CCN(C3CCNC3)CC2)n1. The average molecular weight is 276 g/mol. The lowest BCUT2D eigenvalue weighted by Gasteiger charge is -2.38. The van der Waals surface area contributed by atoms with E-state index in [0.717, 1.165) is 50.5 Å². The van der Waals surface area contributed by atoms with Gasteiger partial charge in [0.25, 0.3) is 0 Å². The summed E-state index contributed by atoms with van der Waals surface area (Å²) in [6.07, 6.45) is 3.14. The van der Waals surface area contributed by atoms with E-state index in [1.807, 2.05) is 31.3 Å². The Kier molecular flexibility index (Phi) is 4.03. The summed E-state index contributed by atoms with van der Waals surface area (Å²) >= 11 is 0. The van der Waals surface area contributed by atoms with Crippen LogP contribution >= 0.6 is 0 Å². The molecular formula is C14H24N6. The maximum atomic E-state index is 4.63. The molecule has 0 spiro atoms. The summed E-state index contributed by atoms with van der Waals surface area (Å²) in [5.41, 5.74) is 0. The summed E-state index contributed by atoms with van der Waals surface area (Å²) in [7, 11) is 3.95. The normalized spacial score (nSPS) is 24.1. The summed E-state index contributed by atoms with van der Waals surface area (Å²) in [5, 5.41) is 3.45. The molecule has 0 bridgehead atoms. The van der Waals surface area contributed by atoms with Gasteiger partial charge in [0.1, 0.15) is 5.82 Å². The van der Waals surface area contributed by atoms with E-state index in [-0.39, 0.29) is 0 Å². The Morgan fingerprint density at radius 2 is 2.05 bits per heavy atom. The number of hydrogen-bond donors (Lipinski definition) is 1. The third-order valence-corrected chi connectivity index (χ3v) is 4.22. The molecular weight excluding hydrogens is 252 g/mol. The quantitative estimate of drug-likeness (QED) is 0.840. The minimum atomic E-state index is 0.736. The van der Waals surface area contributed by atoms with E-state index < -0.39 is 0 Å². The molecule has 2 saturated heterocycles. The third-order valence-electron chi connectivity index (χ3n) is 4.22. The van der Waals surface area contributed by atoms with Crippen LogP contribution in [0.4, 0.5) is 11.8 Å². The molecule has 2 aliphatic rings. The van der Waals surface area contributed by atoms with E-state index in [1.165, 1.54) is 13.0 Å². The number of piperazine rings is 1. The highest BCUT2D eigenvalue weighted by Gasteiger charge is 2.26. The molecule has 110 valence electrons. The highest BCUT2D eigenvalue weighted by atomic mass is 15.3. The molecule has 1 unspecified atom stereocenters. The lowest BCUT2D eigenvalue weighted by Crippen LogP contribution is -2.51. The fraction of sp³-hybridized carbons (Fsp3) is 0.714. The van der Waals surface area contributed by atoms with Gasteiger partial charge in [-0.15, -0.1) is 0 Å². The molecule has 1 aromatic rings. The van der Waals surface area contributed by atoms with E-state index in [0.29, 0.717) is 0 Å². The van der Waals surface area contributed by atoms with Crippen LogP contribution in [-0.2, 0) is 0 Å². The largest absolute Gasteiger partial charge is 0.354 e. The van der Waals surface area contributed by atoms with Gasteiger partial charge in [0, 0.05) is 59.1 Å². The van der Waals surface area contributed by atoms with E-state index in [1.54, 1.807) is 0 Å². The molecule has 2 fully saturated rings. The molecule has 3 heterocycles. The molecule has 0 saturated carbocycles. The first-order valence-corrected chi connectivity index (χ1v) is 7.44. The molecule has 1 atom stereocenters. The van der Waals surface area contributed by atoms with Crippen molar-refractivity contribution < 1.29 is 0 Å². The van der Waals surface area contributed by atoms with Crippen molar-refractivity contribution in [3.63, 3.8) is 0 Å². The predicted molar refractivity (Wildman–Crippen MR) is 81.4 cm³/mol. The van der Waals surface area contributed by atoms with Crippen molar-refractivity contribution >= 4 is 11.8 Å². The zero-order valence-electron chi connectivity index (χ0n) is 12.4. The van der Waals surface area contributed by atoms with Crippen molar-refractivity contribution in [1.29, 1.82) is 0 Å².